The fraction of sp³-hybridized carbons (Fsp3) is 0.667. The Morgan fingerprint density at radius 3 is 2.25 bits per heavy atom. The summed E-state index contributed by atoms with van der Waals surface area (Å²) in [6.45, 7) is 9.79. The third-order valence-corrected chi connectivity index (χ3v) is 5.73. The van der Waals surface area contributed by atoms with Crippen LogP contribution < -0.4 is 10.4 Å². The van der Waals surface area contributed by atoms with Gasteiger partial charge in [0, 0.05) is 30.8 Å². The molecule has 2 aliphatic heterocycles. The fourth-order valence-electron chi connectivity index (χ4n) is 3.25. The molecular formula is C18H27BFNO3. The molecule has 0 bridgehead atoms. The molecule has 1 aromatic carbocycles. The first-order valence-electron chi connectivity index (χ1n) is 8.74. The van der Waals surface area contributed by atoms with Gasteiger partial charge in [0.15, 0.2) is 0 Å². The summed E-state index contributed by atoms with van der Waals surface area (Å²) < 4.78 is 26.6. The number of hydrogen-bond donors (Lipinski definition) is 1. The second-order valence-electron chi connectivity index (χ2n) is 7.91. The van der Waals surface area contributed by atoms with Crippen molar-refractivity contribution in [3.05, 3.63) is 24.0 Å². The van der Waals surface area contributed by atoms with Crippen LogP contribution >= 0.6 is 0 Å². The van der Waals surface area contributed by atoms with Gasteiger partial charge in [-0.3, -0.25) is 0 Å². The van der Waals surface area contributed by atoms with E-state index in [0.717, 1.165) is 31.6 Å². The average molecular weight is 335 g/mol. The zero-order valence-electron chi connectivity index (χ0n) is 15.0. The Balaban J connectivity index is 1.74. The molecule has 0 atom stereocenters. The van der Waals surface area contributed by atoms with Gasteiger partial charge in [-0.25, -0.2) is 4.39 Å². The molecule has 0 spiro atoms. The minimum Gasteiger partial charge on any atom is -0.399 e. The van der Waals surface area contributed by atoms with E-state index in [1.165, 1.54) is 0 Å². The fourth-order valence-corrected chi connectivity index (χ4v) is 3.25. The summed E-state index contributed by atoms with van der Waals surface area (Å²) >= 11 is 0. The lowest BCUT2D eigenvalue weighted by Gasteiger charge is -2.33. The lowest BCUT2D eigenvalue weighted by molar-refractivity contribution is 0.00578. The van der Waals surface area contributed by atoms with Crippen molar-refractivity contribution in [3.8, 4) is 0 Å². The van der Waals surface area contributed by atoms with E-state index in [1.807, 2.05) is 33.8 Å². The van der Waals surface area contributed by atoms with Crippen molar-refractivity contribution in [1.82, 2.24) is 0 Å². The number of benzene rings is 1. The quantitative estimate of drug-likeness (QED) is 0.861. The maximum Gasteiger partial charge on any atom is 0.497 e. The predicted molar refractivity (Wildman–Crippen MR) is 94.1 cm³/mol. The largest absolute Gasteiger partial charge is 0.497 e. The van der Waals surface area contributed by atoms with Crippen molar-refractivity contribution in [1.29, 1.82) is 0 Å². The lowest BCUT2D eigenvalue weighted by Crippen LogP contribution is -2.41. The van der Waals surface area contributed by atoms with Gasteiger partial charge >= 0.3 is 7.12 Å². The normalized spacial score (nSPS) is 23.8. The van der Waals surface area contributed by atoms with Gasteiger partial charge in [-0.05, 0) is 58.6 Å². The molecule has 24 heavy (non-hydrogen) atoms. The first-order valence-corrected chi connectivity index (χ1v) is 8.74. The van der Waals surface area contributed by atoms with Crippen LogP contribution in [0.4, 0.5) is 10.1 Å². The van der Waals surface area contributed by atoms with E-state index < -0.39 is 18.3 Å². The van der Waals surface area contributed by atoms with Crippen molar-refractivity contribution in [2.24, 2.45) is 5.92 Å². The van der Waals surface area contributed by atoms with Crippen LogP contribution in [0.1, 0.15) is 40.5 Å². The summed E-state index contributed by atoms with van der Waals surface area (Å²) in [4.78, 5) is 2.17. The molecule has 132 valence electrons. The summed E-state index contributed by atoms with van der Waals surface area (Å²) in [5, 5.41) is 9.23. The molecule has 3 rings (SSSR count). The van der Waals surface area contributed by atoms with E-state index >= 15 is 0 Å². The number of nitrogens with zero attached hydrogens (tertiary/aromatic N) is 1. The smallest absolute Gasteiger partial charge is 0.399 e. The molecule has 1 N–H and O–H groups in total. The van der Waals surface area contributed by atoms with Gasteiger partial charge in [0.05, 0.1) is 11.2 Å². The lowest BCUT2D eigenvalue weighted by atomic mass is 9.78. The number of anilines is 1. The Morgan fingerprint density at radius 2 is 1.75 bits per heavy atom. The van der Waals surface area contributed by atoms with Crippen molar-refractivity contribution >= 4 is 18.3 Å². The van der Waals surface area contributed by atoms with Crippen LogP contribution in [0.25, 0.3) is 0 Å². The van der Waals surface area contributed by atoms with E-state index in [1.54, 1.807) is 12.1 Å². The van der Waals surface area contributed by atoms with E-state index in [2.05, 4.69) is 4.90 Å². The Bertz CT molecular complexity index is 584. The average Bonchev–Trinajstić information content (AvgIpc) is 2.75. The highest BCUT2D eigenvalue weighted by molar-refractivity contribution is 6.62. The zero-order valence-corrected chi connectivity index (χ0v) is 15.0. The van der Waals surface area contributed by atoms with E-state index in [0.29, 0.717) is 11.4 Å². The molecule has 0 amide bonds. The SMILES string of the molecule is CC1(C)OB(c2ccc(N3CCC(CO)CC3)cc2F)OC1(C)C. The van der Waals surface area contributed by atoms with Crippen LogP contribution in [-0.2, 0) is 9.31 Å². The highest BCUT2D eigenvalue weighted by atomic mass is 19.1. The molecule has 4 nitrogen and oxygen atoms in total. The molecule has 0 aliphatic carbocycles. The van der Waals surface area contributed by atoms with Gasteiger partial charge in [0.2, 0.25) is 0 Å². The molecule has 0 aromatic heterocycles. The van der Waals surface area contributed by atoms with E-state index in [9.17, 15) is 9.50 Å². The van der Waals surface area contributed by atoms with Crippen LogP contribution in [0.3, 0.4) is 0 Å². The summed E-state index contributed by atoms with van der Waals surface area (Å²) in [5.74, 6) is 0.0744. The van der Waals surface area contributed by atoms with Gasteiger partial charge in [-0.1, -0.05) is 6.07 Å². The van der Waals surface area contributed by atoms with E-state index in [-0.39, 0.29) is 12.4 Å². The summed E-state index contributed by atoms with van der Waals surface area (Å²) in [6.07, 6.45) is 1.88. The standard InChI is InChI=1S/C18H27BFNO3/c1-17(2)18(3,4)24-19(23-17)15-6-5-14(11-16(15)20)21-9-7-13(12-22)8-10-21/h5-6,11,13,22H,7-10,12H2,1-4H3. The molecule has 2 saturated heterocycles. The third kappa shape index (κ3) is 3.19. The van der Waals surface area contributed by atoms with Crippen molar-refractivity contribution < 1.29 is 18.8 Å². The number of halogens is 1. The van der Waals surface area contributed by atoms with Crippen LogP contribution in [0.5, 0.6) is 0 Å². The Morgan fingerprint density at radius 1 is 1.17 bits per heavy atom. The first-order chi connectivity index (χ1) is 11.2. The van der Waals surface area contributed by atoms with Gasteiger partial charge in [-0.15, -0.1) is 0 Å². The molecule has 0 radical (unpaired) electrons. The number of hydrogen-bond acceptors (Lipinski definition) is 4. The molecule has 2 fully saturated rings. The molecule has 0 unspecified atom stereocenters. The van der Waals surface area contributed by atoms with Crippen LogP contribution in [0.15, 0.2) is 18.2 Å². The number of rotatable bonds is 3. The number of aliphatic hydroxyl groups is 1. The maximum absolute atomic E-state index is 14.7. The van der Waals surface area contributed by atoms with Crippen molar-refractivity contribution in [2.75, 3.05) is 24.6 Å². The van der Waals surface area contributed by atoms with Gasteiger partial charge in [0.25, 0.3) is 0 Å². The highest BCUT2D eigenvalue weighted by Gasteiger charge is 2.52. The van der Waals surface area contributed by atoms with E-state index in [4.69, 9.17) is 9.31 Å². The molecule has 2 aliphatic rings. The minimum absolute atomic E-state index is 0.239. The Hall–Kier alpha value is -1.11. The number of piperidine rings is 1. The topological polar surface area (TPSA) is 41.9 Å². The highest BCUT2D eigenvalue weighted by Crippen LogP contribution is 2.36. The van der Waals surface area contributed by atoms with Crippen LogP contribution in [0.2, 0.25) is 0 Å². The minimum atomic E-state index is -0.677. The van der Waals surface area contributed by atoms with Crippen molar-refractivity contribution in [2.45, 2.75) is 51.7 Å². The van der Waals surface area contributed by atoms with Gasteiger partial charge in [0.1, 0.15) is 5.82 Å². The summed E-state index contributed by atoms with van der Waals surface area (Å²) in [6, 6.07) is 5.27. The molecular weight excluding hydrogens is 308 g/mol. The molecule has 6 heteroatoms. The molecule has 1 aromatic rings. The number of aliphatic hydroxyl groups excluding tert-OH is 1. The van der Waals surface area contributed by atoms with Gasteiger partial charge in [-0.2, -0.15) is 0 Å². The summed E-state index contributed by atoms with van der Waals surface area (Å²) in [5.41, 5.74) is 0.371. The predicted octanol–water partition coefficient (Wildman–Crippen LogP) is 2.33. The first kappa shape index (κ1) is 17.7. The molecule has 2 heterocycles. The Kier molecular flexibility index (Phi) is 4.66. The van der Waals surface area contributed by atoms with Gasteiger partial charge < -0.3 is 19.3 Å². The maximum atomic E-state index is 14.7. The van der Waals surface area contributed by atoms with Crippen molar-refractivity contribution in [3.63, 3.8) is 0 Å². The monoisotopic (exact) mass is 335 g/mol. The zero-order chi connectivity index (χ0) is 17.5. The third-order valence-electron chi connectivity index (χ3n) is 5.73. The van der Waals surface area contributed by atoms with Crippen LogP contribution in [-0.4, -0.2) is 43.1 Å². The Labute approximate surface area is 144 Å². The summed E-state index contributed by atoms with van der Waals surface area (Å²) in [7, 11) is -0.677. The second-order valence-corrected chi connectivity index (χ2v) is 7.91. The van der Waals surface area contributed by atoms with Crippen LogP contribution in [0, 0.1) is 11.7 Å². The molecule has 0 saturated carbocycles. The second kappa shape index (κ2) is 6.32.